The highest BCUT2D eigenvalue weighted by atomic mass is 32.2. The van der Waals surface area contributed by atoms with E-state index in [2.05, 4.69) is 20.1 Å². The van der Waals surface area contributed by atoms with Crippen molar-refractivity contribution < 1.29 is 13.3 Å². The first-order valence-electron chi connectivity index (χ1n) is 6.45. The predicted molar refractivity (Wildman–Crippen MR) is 82.5 cm³/mol. The molecule has 118 valence electrons. The van der Waals surface area contributed by atoms with Gasteiger partial charge in [-0.3, -0.25) is 14.8 Å². The molecule has 0 aliphatic carbocycles. The number of hydrogen-bond donors (Lipinski definition) is 2. The van der Waals surface area contributed by atoms with E-state index in [1.807, 2.05) is 0 Å². The summed E-state index contributed by atoms with van der Waals surface area (Å²) in [5.74, 6) is 0. The number of H-pyrrole nitrogens is 1. The molecule has 0 amide bonds. The smallest absolute Gasteiger partial charge is 0.272 e. The summed E-state index contributed by atoms with van der Waals surface area (Å²) in [7, 11) is -3.86. The molecule has 0 aliphatic heterocycles. The number of hydrogen-bond acceptors (Lipinski definition) is 6. The van der Waals surface area contributed by atoms with Gasteiger partial charge < -0.3 is 0 Å². The SMILES string of the molecule is Cc1cc(S(=O)(=O)Nc2ccc3n[nH]nc3c2)ccc1[N+](=O)[O-]. The van der Waals surface area contributed by atoms with Gasteiger partial charge in [0.1, 0.15) is 11.0 Å². The monoisotopic (exact) mass is 333 g/mol. The third kappa shape index (κ3) is 2.83. The van der Waals surface area contributed by atoms with Crippen LogP contribution in [-0.4, -0.2) is 28.8 Å². The van der Waals surface area contributed by atoms with Crippen LogP contribution < -0.4 is 4.72 Å². The van der Waals surface area contributed by atoms with E-state index < -0.39 is 14.9 Å². The summed E-state index contributed by atoms with van der Waals surface area (Å²) in [6.07, 6.45) is 0. The maximum atomic E-state index is 12.4. The summed E-state index contributed by atoms with van der Waals surface area (Å²) >= 11 is 0. The molecule has 9 nitrogen and oxygen atoms in total. The summed E-state index contributed by atoms with van der Waals surface area (Å²) in [5.41, 5.74) is 1.59. The molecule has 1 aromatic heterocycles. The quantitative estimate of drug-likeness (QED) is 0.554. The molecule has 0 atom stereocenters. The van der Waals surface area contributed by atoms with Crippen LogP contribution in [0.5, 0.6) is 0 Å². The van der Waals surface area contributed by atoms with Crippen LogP contribution in [0.1, 0.15) is 5.56 Å². The number of nitrogens with one attached hydrogen (secondary N) is 2. The van der Waals surface area contributed by atoms with E-state index >= 15 is 0 Å². The van der Waals surface area contributed by atoms with Crippen LogP contribution in [0, 0.1) is 17.0 Å². The number of nitro groups is 1. The Kier molecular flexibility index (Phi) is 3.45. The predicted octanol–water partition coefficient (Wildman–Crippen LogP) is 1.98. The van der Waals surface area contributed by atoms with Gasteiger partial charge in [-0.1, -0.05) is 0 Å². The number of nitro benzene ring substituents is 1. The van der Waals surface area contributed by atoms with Crippen LogP contribution in [0.25, 0.3) is 11.0 Å². The van der Waals surface area contributed by atoms with E-state index in [-0.39, 0.29) is 16.1 Å². The highest BCUT2D eigenvalue weighted by molar-refractivity contribution is 7.92. The molecular formula is C13H11N5O4S. The Labute approximate surface area is 130 Å². The zero-order valence-electron chi connectivity index (χ0n) is 11.8. The fourth-order valence-electron chi connectivity index (χ4n) is 2.12. The van der Waals surface area contributed by atoms with Crippen molar-refractivity contribution in [3.8, 4) is 0 Å². The van der Waals surface area contributed by atoms with Gasteiger partial charge >= 0.3 is 0 Å². The second kappa shape index (κ2) is 5.32. The first-order valence-corrected chi connectivity index (χ1v) is 7.93. The molecule has 2 aromatic carbocycles. The molecule has 3 rings (SSSR count). The molecule has 1 heterocycles. The molecule has 0 radical (unpaired) electrons. The van der Waals surface area contributed by atoms with Crippen LogP contribution in [-0.2, 0) is 10.0 Å². The minimum atomic E-state index is -3.86. The standard InChI is InChI=1S/C13H11N5O4S/c1-8-6-10(3-5-13(8)18(19)20)23(21,22)16-9-2-4-11-12(7-9)15-17-14-11/h2-7,16H,1H3,(H,14,15,17). The van der Waals surface area contributed by atoms with Crippen molar-refractivity contribution >= 4 is 32.4 Å². The molecular weight excluding hydrogens is 322 g/mol. The first-order chi connectivity index (χ1) is 10.9. The third-order valence-corrected chi connectivity index (χ3v) is 4.62. The molecule has 2 N–H and O–H groups in total. The number of sulfonamides is 1. The minimum absolute atomic E-state index is 0.0548. The molecule has 0 fully saturated rings. The van der Waals surface area contributed by atoms with Gasteiger partial charge in [-0.05, 0) is 37.3 Å². The summed E-state index contributed by atoms with van der Waals surface area (Å²) in [6, 6.07) is 8.34. The van der Waals surface area contributed by atoms with Crippen LogP contribution in [0.3, 0.4) is 0 Å². The van der Waals surface area contributed by atoms with Gasteiger partial charge in [0.05, 0.1) is 15.5 Å². The second-order valence-electron chi connectivity index (χ2n) is 4.84. The van der Waals surface area contributed by atoms with Gasteiger partial charge in [-0.2, -0.15) is 15.4 Å². The van der Waals surface area contributed by atoms with Gasteiger partial charge in [-0.15, -0.1) is 0 Å². The van der Waals surface area contributed by atoms with E-state index in [4.69, 9.17) is 0 Å². The van der Waals surface area contributed by atoms with Crippen LogP contribution >= 0.6 is 0 Å². The number of anilines is 1. The largest absolute Gasteiger partial charge is 0.280 e. The van der Waals surface area contributed by atoms with Gasteiger partial charge in [0.15, 0.2) is 0 Å². The number of nitrogens with zero attached hydrogens (tertiary/aromatic N) is 3. The van der Waals surface area contributed by atoms with Crippen LogP contribution in [0.2, 0.25) is 0 Å². The molecule has 0 aliphatic rings. The van der Waals surface area contributed by atoms with Crippen molar-refractivity contribution in [2.24, 2.45) is 0 Å². The zero-order valence-corrected chi connectivity index (χ0v) is 12.7. The van der Waals surface area contributed by atoms with Gasteiger partial charge in [0.25, 0.3) is 15.7 Å². The van der Waals surface area contributed by atoms with Crippen molar-refractivity contribution in [1.82, 2.24) is 15.4 Å². The molecule has 0 saturated carbocycles. The molecule has 0 saturated heterocycles. The topological polar surface area (TPSA) is 131 Å². The maximum absolute atomic E-state index is 12.4. The van der Waals surface area contributed by atoms with Crippen molar-refractivity contribution in [1.29, 1.82) is 0 Å². The number of aromatic nitrogens is 3. The van der Waals surface area contributed by atoms with Gasteiger partial charge in [0, 0.05) is 11.6 Å². The van der Waals surface area contributed by atoms with Crippen molar-refractivity contribution in [3.63, 3.8) is 0 Å². The highest BCUT2D eigenvalue weighted by Gasteiger charge is 2.19. The van der Waals surface area contributed by atoms with Crippen LogP contribution in [0.4, 0.5) is 11.4 Å². The Hall–Kier alpha value is -3.01. The summed E-state index contributed by atoms with van der Waals surface area (Å²) in [6.45, 7) is 1.48. The lowest BCUT2D eigenvalue weighted by molar-refractivity contribution is -0.385. The molecule has 3 aromatic rings. The second-order valence-corrected chi connectivity index (χ2v) is 6.52. The average molecular weight is 333 g/mol. The molecule has 0 spiro atoms. The third-order valence-electron chi connectivity index (χ3n) is 3.24. The van der Waals surface area contributed by atoms with Crippen molar-refractivity contribution in [2.75, 3.05) is 4.72 Å². The molecule has 23 heavy (non-hydrogen) atoms. The molecule has 0 unspecified atom stereocenters. The summed E-state index contributed by atoms with van der Waals surface area (Å²) in [4.78, 5) is 10.2. The molecule has 0 bridgehead atoms. The lowest BCUT2D eigenvalue weighted by atomic mass is 10.2. The Morgan fingerprint density at radius 3 is 2.57 bits per heavy atom. The average Bonchev–Trinajstić information content (AvgIpc) is 2.93. The maximum Gasteiger partial charge on any atom is 0.272 e. The van der Waals surface area contributed by atoms with Gasteiger partial charge in [-0.25, -0.2) is 8.42 Å². The zero-order chi connectivity index (χ0) is 16.6. The lowest BCUT2D eigenvalue weighted by Gasteiger charge is -2.08. The summed E-state index contributed by atoms with van der Waals surface area (Å²) in [5, 5.41) is 21.0. The minimum Gasteiger partial charge on any atom is -0.280 e. The fraction of sp³-hybridized carbons (Fsp3) is 0.0769. The number of aromatic amines is 1. The van der Waals surface area contributed by atoms with E-state index in [1.165, 1.54) is 31.2 Å². The Morgan fingerprint density at radius 1 is 1.13 bits per heavy atom. The Bertz CT molecular complexity index is 1010. The van der Waals surface area contributed by atoms with E-state index in [1.54, 1.807) is 12.1 Å². The number of fused-ring (bicyclic) bond motifs is 1. The summed E-state index contributed by atoms with van der Waals surface area (Å²) < 4.78 is 27.2. The van der Waals surface area contributed by atoms with Crippen LogP contribution in [0.15, 0.2) is 41.3 Å². The normalized spacial score (nSPS) is 11.5. The Balaban J connectivity index is 1.94. The van der Waals surface area contributed by atoms with Crippen molar-refractivity contribution in [3.05, 3.63) is 52.1 Å². The van der Waals surface area contributed by atoms with E-state index in [0.29, 0.717) is 16.7 Å². The number of benzene rings is 2. The van der Waals surface area contributed by atoms with Gasteiger partial charge in [0.2, 0.25) is 0 Å². The first kappa shape index (κ1) is 14.9. The number of aryl methyl sites for hydroxylation is 1. The lowest BCUT2D eigenvalue weighted by Crippen LogP contribution is -2.13. The van der Waals surface area contributed by atoms with E-state index in [9.17, 15) is 18.5 Å². The fourth-order valence-corrected chi connectivity index (χ4v) is 3.25. The number of rotatable bonds is 4. The molecule has 10 heteroatoms. The Morgan fingerprint density at radius 2 is 1.87 bits per heavy atom. The highest BCUT2D eigenvalue weighted by Crippen LogP contribution is 2.24. The van der Waals surface area contributed by atoms with Crippen molar-refractivity contribution in [2.45, 2.75) is 11.8 Å². The van der Waals surface area contributed by atoms with E-state index in [0.717, 1.165) is 0 Å².